The van der Waals surface area contributed by atoms with Crippen molar-refractivity contribution >= 4 is 21.6 Å². The number of hydrogen-bond donors (Lipinski definition) is 1. The van der Waals surface area contributed by atoms with Crippen LogP contribution in [0.2, 0.25) is 0 Å². The summed E-state index contributed by atoms with van der Waals surface area (Å²) < 4.78 is 27.0. The van der Waals surface area contributed by atoms with E-state index in [9.17, 15) is 13.2 Å². The van der Waals surface area contributed by atoms with Crippen molar-refractivity contribution in [2.24, 2.45) is 0 Å². The van der Waals surface area contributed by atoms with E-state index in [1.165, 1.54) is 16.1 Å². The summed E-state index contributed by atoms with van der Waals surface area (Å²) in [5, 5.41) is 2.99. The molecule has 0 aliphatic rings. The normalized spacial score (nSPS) is 12.2. The van der Waals surface area contributed by atoms with Crippen LogP contribution in [0.4, 0.5) is 5.69 Å². The minimum atomic E-state index is -3.50. The van der Waals surface area contributed by atoms with Crippen molar-refractivity contribution in [3.8, 4) is 0 Å². The van der Waals surface area contributed by atoms with E-state index in [4.69, 9.17) is 0 Å². The van der Waals surface area contributed by atoms with Gasteiger partial charge < -0.3 is 5.32 Å². The quantitative estimate of drug-likeness (QED) is 0.429. The summed E-state index contributed by atoms with van der Waals surface area (Å²) in [5.74, 6) is 0.0676. The van der Waals surface area contributed by atoms with E-state index in [2.05, 4.69) is 24.4 Å². The first-order valence-corrected chi connectivity index (χ1v) is 13.6. The van der Waals surface area contributed by atoms with Crippen LogP contribution < -0.4 is 9.62 Å². The fourth-order valence-electron chi connectivity index (χ4n) is 4.07. The molecule has 0 bridgehead atoms. The van der Waals surface area contributed by atoms with Gasteiger partial charge in [0.05, 0.1) is 18.5 Å². The molecule has 0 unspecified atom stereocenters. The van der Waals surface area contributed by atoms with Gasteiger partial charge in [-0.3, -0.25) is 9.10 Å². The molecule has 0 aromatic heterocycles. The van der Waals surface area contributed by atoms with Gasteiger partial charge in [-0.25, -0.2) is 8.42 Å². The second kappa shape index (κ2) is 11.3. The van der Waals surface area contributed by atoms with Gasteiger partial charge >= 0.3 is 0 Å². The fraction of sp³-hybridized carbons (Fsp3) is 0.321. The van der Waals surface area contributed by atoms with Crippen LogP contribution in [-0.2, 0) is 29.4 Å². The zero-order chi connectivity index (χ0) is 24.7. The largest absolute Gasteiger partial charge is 0.351 e. The van der Waals surface area contributed by atoms with E-state index in [0.29, 0.717) is 12.1 Å². The van der Waals surface area contributed by atoms with E-state index in [1.807, 2.05) is 62.4 Å². The first kappa shape index (κ1) is 25.5. The Labute approximate surface area is 203 Å². The smallest absolute Gasteiger partial charge is 0.251 e. The minimum Gasteiger partial charge on any atom is -0.351 e. The Balaban J connectivity index is 1.75. The van der Waals surface area contributed by atoms with Crippen molar-refractivity contribution in [1.29, 1.82) is 0 Å². The number of sulfonamides is 1. The molecule has 0 saturated heterocycles. The molecular formula is C28H34N2O3S. The molecule has 3 aromatic carbocycles. The summed E-state index contributed by atoms with van der Waals surface area (Å²) >= 11 is 0. The lowest BCUT2D eigenvalue weighted by Crippen LogP contribution is -2.31. The van der Waals surface area contributed by atoms with Crippen molar-refractivity contribution in [3.63, 3.8) is 0 Å². The van der Waals surface area contributed by atoms with E-state index < -0.39 is 10.0 Å². The van der Waals surface area contributed by atoms with Gasteiger partial charge in [0.2, 0.25) is 10.0 Å². The third-order valence-electron chi connectivity index (χ3n) is 6.09. The number of rotatable bonds is 10. The Hall–Kier alpha value is -3.12. The van der Waals surface area contributed by atoms with E-state index in [-0.39, 0.29) is 18.4 Å². The van der Waals surface area contributed by atoms with Crippen LogP contribution in [0.5, 0.6) is 0 Å². The number of amides is 1. The first-order valence-electron chi connectivity index (χ1n) is 11.7. The molecule has 0 radical (unpaired) electrons. The molecule has 5 nitrogen and oxygen atoms in total. The zero-order valence-electron chi connectivity index (χ0n) is 20.4. The molecule has 0 spiro atoms. The SMILES string of the molecule is CCc1cccc(CC)c1N(Cc1ccc(C(=O)NC[C@H](C)c2ccccc2)cc1)S(C)(=O)=O. The molecular weight excluding hydrogens is 444 g/mol. The Morgan fingerprint density at radius 2 is 1.47 bits per heavy atom. The third kappa shape index (κ3) is 6.26. The van der Waals surface area contributed by atoms with Crippen LogP contribution in [-0.4, -0.2) is 27.1 Å². The first-order chi connectivity index (χ1) is 16.2. The molecule has 0 heterocycles. The number of hydrogen-bond acceptors (Lipinski definition) is 3. The fourth-order valence-corrected chi connectivity index (χ4v) is 5.02. The van der Waals surface area contributed by atoms with Crippen molar-refractivity contribution in [2.75, 3.05) is 17.1 Å². The molecule has 3 aromatic rings. The van der Waals surface area contributed by atoms with Crippen molar-refractivity contribution in [2.45, 2.75) is 46.1 Å². The number of nitrogens with zero attached hydrogens (tertiary/aromatic N) is 1. The van der Waals surface area contributed by atoms with E-state index in [0.717, 1.165) is 35.2 Å². The summed E-state index contributed by atoms with van der Waals surface area (Å²) in [5.41, 5.74) is 5.34. The standard InChI is InChI=1S/C28H34N2O3S/c1-5-23-13-10-14-24(6-2)27(23)30(34(4,32)33)20-22-15-17-26(18-16-22)28(31)29-19-21(3)25-11-8-7-9-12-25/h7-18,21H,5-6,19-20H2,1-4H3,(H,29,31)/t21-/m0/s1. The summed E-state index contributed by atoms with van der Waals surface area (Å²) in [6, 6.07) is 23.2. The van der Waals surface area contributed by atoms with Crippen LogP contribution >= 0.6 is 0 Å². The molecule has 1 N–H and O–H groups in total. The maximum Gasteiger partial charge on any atom is 0.251 e. The van der Waals surface area contributed by atoms with Crippen LogP contribution in [0.3, 0.4) is 0 Å². The highest BCUT2D eigenvalue weighted by Gasteiger charge is 2.23. The lowest BCUT2D eigenvalue weighted by Gasteiger charge is -2.27. The topological polar surface area (TPSA) is 66.5 Å². The van der Waals surface area contributed by atoms with Gasteiger partial charge in [0, 0.05) is 12.1 Å². The van der Waals surface area contributed by atoms with Gasteiger partial charge in [-0.15, -0.1) is 0 Å². The van der Waals surface area contributed by atoms with Gasteiger partial charge in [0.15, 0.2) is 0 Å². The Kier molecular flexibility index (Phi) is 8.51. The second-order valence-electron chi connectivity index (χ2n) is 8.62. The molecule has 1 atom stereocenters. The summed E-state index contributed by atoms with van der Waals surface area (Å²) in [7, 11) is -3.50. The number of aryl methyl sites for hydroxylation is 2. The number of benzene rings is 3. The summed E-state index contributed by atoms with van der Waals surface area (Å²) in [4.78, 5) is 12.6. The molecule has 34 heavy (non-hydrogen) atoms. The summed E-state index contributed by atoms with van der Waals surface area (Å²) in [6.07, 6.45) is 2.74. The molecule has 0 fully saturated rings. The monoisotopic (exact) mass is 478 g/mol. The lowest BCUT2D eigenvalue weighted by atomic mass is 10.0. The Morgan fingerprint density at radius 1 is 0.882 bits per heavy atom. The molecule has 6 heteroatoms. The highest BCUT2D eigenvalue weighted by molar-refractivity contribution is 7.92. The van der Waals surface area contributed by atoms with Crippen LogP contribution in [0.15, 0.2) is 72.8 Å². The second-order valence-corrected chi connectivity index (χ2v) is 10.5. The van der Waals surface area contributed by atoms with Crippen LogP contribution in [0, 0.1) is 0 Å². The zero-order valence-corrected chi connectivity index (χ0v) is 21.2. The molecule has 1 amide bonds. The average Bonchev–Trinajstić information content (AvgIpc) is 2.85. The number of nitrogens with one attached hydrogen (secondary N) is 1. The molecule has 0 saturated carbocycles. The number of carbonyl (C=O) groups is 1. The van der Waals surface area contributed by atoms with Crippen LogP contribution in [0.1, 0.15) is 59.3 Å². The molecule has 0 aliphatic carbocycles. The van der Waals surface area contributed by atoms with Gasteiger partial charge in [0.1, 0.15) is 0 Å². The van der Waals surface area contributed by atoms with Gasteiger partial charge in [0.25, 0.3) is 5.91 Å². The minimum absolute atomic E-state index is 0.140. The predicted octanol–water partition coefficient (Wildman–Crippen LogP) is 5.31. The number of carbonyl (C=O) groups excluding carboxylic acids is 1. The van der Waals surface area contributed by atoms with E-state index in [1.54, 1.807) is 12.1 Å². The lowest BCUT2D eigenvalue weighted by molar-refractivity contribution is 0.0951. The Morgan fingerprint density at radius 3 is 2.00 bits per heavy atom. The highest BCUT2D eigenvalue weighted by atomic mass is 32.2. The highest BCUT2D eigenvalue weighted by Crippen LogP contribution is 2.30. The predicted molar refractivity (Wildman–Crippen MR) is 140 cm³/mol. The third-order valence-corrected chi connectivity index (χ3v) is 7.21. The Bertz CT molecular complexity index is 1180. The average molecular weight is 479 g/mol. The van der Waals surface area contributed by atoms with Gasteiger partial charge in [-0.2, -0.15) is 0 Å². The molecule has 180 valence electrons. The van der Waals surface area contributed by atoms with Crippen molar-refractivity contribution in [1.82, 2.24) is 5.32 Å². The maximum absolute atomic E-state index is 12.8. The van der Waals surface area contributed by atoms with Gasteiger partial charge in [-0.1, -0.05) is 81.4 Å². The van der Waals surface area contributed by atoms with Crippen molar-refractivity contribution in [3.05, 3.63) is 101 Å². The maximum atomic E-state index is 12.8. The molecule has 0 aliphatic heterocycles. The molecule has 3 rings (SSSR count). The number of para-hydroxylation sites is 1. The number of anilines is 1. The van der Waals surface area contributed by atoms with Crippen molar-refractivity contribution < 1.29 is 13.2 Å². The van der Waals surface area contributed by atoms with Crippen LogP contribution in [0.25, 0.3) is 0 Å². The van der Waals surface area contributed by atoms with Gasteiger partial charge in [-0.05, 0) is 53.1 Å². The van der Waals surface area contributed by atoms with E-state index >= 15 is 0 Å². The summed E-state index contributed by atoms with van der Waals surface area (Å²) in [6.45, 7) is 6.91.